The predicted octanol–water partition coefficient (Wildman–Crippen LogP) is 3.17. The van der Waals surface area contributed by atoms with E-state index in [4.69, 9.17) is 10.5 Å². The number of ether oxygens (including phenoxy) is 1. The normalized spacial score (nSPS) is 24.3. The molecule has 0 aromatic heterocycles. The second-order valence-electron chi connectivity index (χ2n) is 6.66. The zero-order valence-electron chi connectivity index (χ0n) is 13.6. The minimum absolute atomic E-state index is 0. The lowest BCUT2D eigenvalue weighted by molar-refractivity contribution is 0.00526. The molecule has 0 aromatic carbocycles. The molecular formula is C16H30IN3O. The van der Waals surface area contributed by atoms with Gasteiger partial charge in [0, 0.05) is 18.5 Å². The first-order valence-corrected chi connectivity index (χ1v) is 7.85. The van der Waals surface area contributed by atoms with E-state index in [0.717, 1.165) is 26.2 Å². The van der Waals surface area contributed by atoms with Gasteiger partial charge in [-0.05, 0) is 32.6 Å². The number of aliphatic imine (C=N–C) groups is 1. The molecule has 122 valence electrons. The Labute approximate surface area is 146 Å². The summed E-state index contributed by atoms with van der Waals surface area (Å²) in [4.78, 5) is 6.79. The van der Waals surface area contributed by atoms with Crippen LogP contribution in [0.4, 0.5) is 0 Å². The Bertz CT molecular complexity index is 393. The van der Waals surface area contributed by atoms with Crippen LogP contribution in [0.2, 0.25) is 0 Å². The smallest absolute Gasteiger partial charge is 0.191 e. The Balaban J connectivity index is 0.00000220. The van der Waals surface area contributed by atoms with Crippen LogP contribution in [0, 0.1) is 5.41 Å². The van der Waals surface area contributed by atoms with Crippen LogP contribution >= 0.6 is 24.0 Å². The summed E-state index contributed by atoms with van der Waals surface area (Å²) in [6, 6.07) is 0. The molecule has 1 aliphatic carbocycles. The fourth-order valence-electron chi connectivity index (χ4n) is 2.96. The first-order chi connectivity index (χ1) is 9.49. The van der Waals surface area contributed by atoms with Gasteiger partial charge in [0.05, 0.1) is 19.3 Å². The lowest BCUT2D eigenvalue weighted by Gasteiger charge is -2.33. The minimum Gasteiger partial charge on any atom is -0.375 e. The van der Waals surface area contributed by atoms with E-state index in [1.54, 1.807) is 5.57 Å². The number of allylic oxidation sites excluding steroid dienone is 1. The van der Waals surface area contributed by atoms with Gasteiger partial charge < -0.3 is 15.4 Å². The summed E-state index contributed by atoms with van der Waals surface area (Å²) in [5.41, 5.74) is 7.83. The zero-order chi connectivity index (χ0) is 14.6. The van der Waals surface area contributed by atoms with Crippen LogP contribution in [0.5, 0.6) is 0 Å². The van der Waals surface area contributed by atoms with Crippen molar-refractivity contribution in [1.29, 1.82) is 0 Å². The number of halogens is 1. The Hall–Kier alpha value is -0.300. The maximum Gasteiger partial charge on any atom is 0.191 e. The van der Waals surface area contributed by atoms with Crippen molar-refractivity contribution < 1.29 is 4.74 Å². The average molecular weight is 407 g/mol. The number of hydrogen-bond acceptors (Lipinski definition) is 2. The van der Waals surface area contributed by atoms with Gasteiger partial charge in [-0.25, -0.2) is 0 Å². The maximum absolute atomic E-state index is 6.15. The average Bonchev–Trinajstić information content (AvgIpc) is 2.46. The Morgan fingerprint density at radius 2 is 2.24 bits per heavy atom. The molecule has 2 N–H and O–H groups in total. The lowest BCUT2D eigenvalue weighted by Crippen LogP contribution is -2.48. The molecular weight excluding hydrogens is 377 g/mol. The topological polar surface area (TPSA) is 50.8 Å². The molecule has 1 heterocycles. The number of hydrogen-bond donors (Lipinski definition) is 1. The van der Waals surface area contributed by atoms with Crippen LogP contribution in [-0.4, -0.2) is 43.2 Å². The molecule has 0 bridgehead atoms. The van der Waals surface area contributed by atoms with Gasteiger partial charge in [-0.1, -0.05) is 25.5 Å². The number of nitrogens with two attached hydrogens (primary N) is 1. The number of guanidine groups is 1. The third-order valence-corrected chi connectivity index (χ3v) is 4.36. The van der Waals surface area contributed by atoms with Crippen molar-refractivity contribution in [2.24, 2.45) is 16.1 Å². The zero-order valence-corrected chi connectivity index (χ0v) is 15.9. The molecule has 2 rings (SSSR count). The third kappa shape index (κ3) is 5.43. The first-order valence-electron chi connectivity index (χ1n) is 7.85. The van der Waals surface area contributed by atoms with Crippen molar-refractivity contribution in [2.75, 3.05) is 26.2 Å². The van der Waals surface area contributed by atoms with E-state index in [0.29, 0.717) is 5.96 Å². The summed E-state index contributed by atoms with van der Waals surface area (Å²) in [6.45, 7) is 9.85. The van der Waals surface area contributed by atoms with Gasteiger partial charge in [0.2, 0.25) is 0 Å². The Kier molecular flexibility index (Phi) is 7.47. The van der Waals surface area contributed by atoms with Crippen LogP contribution in [0.25, 0.3) is 0 Å². The molecule has 0 spiro atoms. The second kappa shape index (κ2) is 8.36. The minimum atomic E-state index is 0. The van der Waals surface area contributed by atoms with Crippen LogP contribution in [0.1, 0.15) is 46.5 Å². The molecule has 0 saturated carbocycles. The first kappa shape index (κ1) is 18.7. The van der Waals surface area contributed by atoms with E-state index in [-0.39, 0.29) is 35.5 Å². The number of morpholine rings is 1. The standard InChI is InChI=1S/C16H29N3O.HI/c1-13-11-19(9-10-20-13)15(17)18-12-16(2,3)14-7-5-4-6-8-14;/h7,13H,4-6,8-12H2,1-3H3,(H2,17,18);1H. The van der Waals surface area contributed by atoms with Crippen molar-refractivity contribution in [3.63, 3.8) is 0 Å². The van der Waals surface area contributed by atoms with Gasteiger partial charge in [0.25, 0.3) is 0 Å². The van der Waals surface area contributed by atoms with E-state index in [9.17, 15) is 0 Å². The molecule has 0 amide bonds. The molecule has 1 saturated heterocycles. The lowest BCUT2D eigenvalue weighted by atomic mass is 9.78. The predicted molar refractivity (Wildman–Crippen MR) is 99.2 cm³/mol. The molecule has 2 aliphatic rings. The highest BCUT2D eigenvalue weighted by molar-refractivity contribution is 14.0. The van der Waals surface area contributed by atoms with Gasteiger partial charge in [-0.2, -0.15) is 0 Å². The summed E-state index contributed by atoms with van der Waals surface area (Å²) < 4.78 is 5.54. The van der Waals surface area contributed by atoms with Gasteiger partial charge in [0.15, 0.2) is 5.96 Å². The second-order valence-corrected chi connectivity index (χ2v) is 6.66. The Morgan fingerprint density at radius 1 is 1.48 bits per heavy atom. The third-order valence-electron chi connectivity index (χ3n) is 4.36. The molecule has 1 fully saturated rings. The molecule has 1 atom stereocenters. The van der Waals surface area contributed by atoms with Crippen LogP contribution in [0.3, 0.4) is 0 Å². The fraction of sp³-hybridized carbons (Fsp3) is 0.812. The summed E-state index contributed by atoms with van der Waals surface area (Å²) in [7, 11) is 0. The summed E-state index contributed by atoms with van der Waals surface area (Å²) in [6.07, 6.45) is 7.74. The number of nitrogens with zero attached hydrogens (tertiary/aromatic N) is 2. The maximum atomic E-state index is 6.15. The number of rotatable bonds is 3. The van der Waals surface area contributed by atoms with Crippen molar-refractivity contribution in [3.8, 4) is 0 Å². The SMILES string of the molecule is CC1CN(C(N)=NCC(C)(C)C2=CCCCC2)CCO1.I. The van der Waals surface area contributed by atoms with E-state index in [1.165, 1.54) is 25.7 Å². The summed E-state index contributed by atoms with van der Waals surface area (Å²) in [5.74, 6) is 0.671. The largest absolute Gasteiger partial charge is 0.375 e. The molecule has 5 heteroatoms. The highest BCUT2D eigenvalue weighted by Crippen LogP contribution is 2.34. The monoisotopic (exact) mass is 407 g/mol. The van der Waals surface area contributed by atoms with Crippen LogP contribution in [-0.2, 0) is 4.74 Å². The summed E-state index contributed by atoms with van der Waals surface area (Å²) >= 11 is 0. The van der Waals surface area contributed by atoms with Crippen molar-refractivity contribution in [3.05, 3.63) is 11.6 Å². The molecule has 4 nitrogen and oxygen atoms in total. The molecule has 1 unspecified atom stereocenters. The van der Waals surface area contributed by atoms with Gasteiger partial charge in [-0.15, -0.1) is 24.0 Å². The fourth-order valence-corrected chi connectivity index (χ4v) is 2.96. The van der Waals surface area contributed by atoms with Gasteiger partial charge in [0.1, 0.15) is 0 Å². The van der Waals surface area contributed by atoms with Gasteiger partial charge >= 0.3 is 0 Å². The quantitative estimate of drug-likeness (QED) is 0.339. The van der Waals surface area contributed by atoms with Gasteiger partial charge in [-0.3, -0.25) is 4.99 Å². The van der Waals surface area contributed by atoms with Crippen molar-refractivity contribution >= 4 is 29.9 Å². The van der Waals surface area contributed by atoms with Crippen LogP contribution < -0.4 is 5.73 Å². The van der Waals surface area contributed by atoms with E-state index in [2.05, 4.69) is 36.7 Å². The molecule has 0 aromatic rings. The molecule has 1 aliphatic heterocycles. The summed E-state index contributed by atoms with van der Waals surface area (Å²) in [5, 5.41) is 0. The van der Waals surface area contributed by atoms with Crippen LogP contribution in [0.15, 0.2) is 16.6 Å². The van der Waals surface area contributed by atoms with E-state index in [1.807, 2.05) is 0 Å². The molecule has 0 radical (unpaired) electrons. The Morgan fingerprint density at radius 3 is 2.86 bits per heavy atom. The highest BCUT2D eigenvalue weighted by Gasteiger charge is 2.25. The van der Waals surface area contributed by atoms with E-state index >= 15 is 0 Å². The highest BCUT2D eigenvalue weighted by atomic mass is 127. The molecule has 21 heavy (non-hydrogen) atoms. The van der Waals surface area contributed by atoms with E-state index < -0.39 is 0 Å². The van der Waals surface area contributed by atoms with Crippen molar-refractivity contribution in [1.82, 2.24) is 4.90 Å². The van der Waals surface area contributed by atoms with Crippen molar-refractivity contribution in [2.45, 2.75) is 52.6 Å².